The first kappa shape index (κ1) is 20.7. The van der Waals surface area contributed by atoms with Gasteiger partial charge < -0.3 is 20.3 Å². The summed E-state index contributed by atoms with van der Waals surface area (Å²) < 4.78 is 9.46. The zero-order valence-corrected chi connectivity index (χ0v) is 14.4. The van der Waals surface area contributed by atoms with Crippen molar-refractivity contribution in [2.24, 2.45) is 5.73 Å². The first-order valence-corrected chi connectivity index (χ1v) is 8.31. The second-order valence-corrected chi connectivity index (χ2v) is 6.21. The Labute approximate surface area is 148 Å². The highest BCUT2D eigenvalue weighted by atomic mass is 32.2. The van der Waals surface area contributed by atoms with E-state index in [-0.39, 0.29) is 12.4 Å². The highest BCUT2D eigenvalue weighted by molar-refractivity contribution is 8.00. The third-order valence-electron chi connectivity index (χ3n) is 3.07. The highest BCUT2D eigenvalue weighted by Crippen LogP contribution is 2.18. The van der Waals surface area contributed by atoms with Gasteiger partial charge in [-0.1, -0.05) is 30.3 Å². The molecule has 0 heterocycles. The summed E-state index contributed by atoms with van der Waals surface area (Å²) in [5.41, 5.74) is 6.08. The number of carbonyl (C=O) groups excluding carboxylic acids is 3. The summed E-state index contributed by atoms with van der Waals surface area (Å²) in [5, 5.41) is 7.71. The monoisotopic (exact) mass is 369 g/mol. The van der Waals surface area contributed by atoms with Crippen LogP contribution < -0.4 is 5.73 Å². The lowest BCUT2D eigenvalue weighted by atomic mass is 10.2. The minimum atomic E-state index is -1.23. The number of aliphatic carboxylic acids is 1. The Hall–Kier alpha value is -2.39. The molecule has 3 N–H and O–H groups in total. The SMILES string of the molecule is COC(=O)C(CC(=O)C(=O)OCc1ccccc1)SC[C@H](N)C(=O)O. The van der Waals surface area contributed by atoms with E-state index in [4.69, 9.17) is 15.6 Å². The van der Waals surface area contributed by atoms with Gasteiger partial charge in [0.25, 0.3) is 0 Å². The van der Waals surface area contributed by atoms with Gasteiger partial charge in [-0.15, -0.1) is 11.8 Å². The number of benzene rings is 1. The van der Waals surface area contributed by atoms with Crippen molar-refractivity contribution >= 4 is 35.5 Å². The van der Waals surface area contributed by atoms with Crippen LogP contribution in [-0.2, 0) is 35.3 Å². The van der Waals surface area contributed by atoms with Crippen LogP contribution in [0.25, 0.3) is 0 Å². The molecule has 9 heteroatoms. The quantitative estimate of drug-likeness (QED) is 0.443. The van der Waals surface area contributed by atoms with E-state index >= 15 is 0 Å². The molecule has 1 aromatic carbocycles. The van der Waals surface area contributed by atoms with Gasteiger partial charge in [-0.3, -0.25) is 14.4 Å². The Morgan fingerprint density at radius 2 is 1.84 bits per heavy atom. The standard InChI is InChI=1S/C16H19NO7S/c1-23-16(22)13(25-9-11(17)14(19)20)7-12(18)15(21)24-8-10-5-3-2-4-6-10/h2-6,11,13H,7-9,17H2,1H3,(H,19,20)/t11-,13?/m0/s1. The van der Waals surface area contributed by atoms with E-state index in [1.807, 2.05) is 0 Å². The van der Waals surface area contributed by atoms with Gasteiger partial charge in [0.1, 0.15) is 17.9 Å². The molecule has 0 aromatic heterocycles. The second kappa shape index (κ2) is 10.5. The van der Waals surface area contributed by atoms with Gasteiger partial charge in [-0.2, -0.15) is 0 Å². The molecule has 8 nitrogen and oxygen atoms in total. The largest absolute Gasteiger partial charge is 0.480 e. The lowest BCUT2D eigenvalue weighted by Gasteiger charge is -2.14. The lowest BCUT2D eigenvalue weighted by molar-refractivity contribution is -0.155. The Bertz CT molecular complexity index is 620. The molecule has 0 bridgehead atoms. The van der Waals surface area contributed by atoms with E-state index in [1.165, 1.54) is 0 Å². The Balaban J connectivity index is 2.56. The number of carboxylic acid groups (broad SMARTS) is 1. The van der Waals surface area contributed by atoms with E-state index in [9.17, 15) is 19.2 Å². The molecule has 0 aliphatic rings. The van der Waals surface area contributed by atoms with E-state index in [0.29, 0.717) is 0 Å². The predicted octanol–water partition coefficient (Wildman–Crippen LogP) is 0.376. The van der Waals surface area contributed by atoms with Crippen molar-refractivity contribution in [3.8, 4) is 0 Å². The molecule has 0 aliphatic heterocycles. The number of esters is 2. The summed E-state index contributed by atoms with van der Waals surface area (Å²) in [6.45, 7) is -0.0642. The van der Waals surface area contributed by atoms with Gasteiger partial charge in [-0.05, 0) is 5.56 Å². The molecule has 1 rings (SSSR count). The molecule has 136 valence electrons. The van der Waals surface area contributed by atoms with Crippen molar-refractivity contribution in [2.45, 2.75) is 24.3 Å². The Kier molecular flexibility index (Phi) is 8.65. The summed E-state index contributed by atoms with van der Waals surface area (Å²) in [7, 11) is 1.13. The van der Waals surface area contributed by atoms with Crippen LogP contribution in [0.15, 0.2) is 30.3 Å². The smallest absolute Gasteiger partial charge is 0.374 e. The zero-order valence-electron chi connectivity index (χ0n) is 13.5. The molecule has 0 spiro atoms. The van der Waals surface area contributed by atoms with Crippen LogP contribution in [0.1, 0.15) is 12.0 Å². The number of carbonyl (C=O) groups is 4. The molecule has 0 aliphatic carbocycles. The number of Topliss-reactive ketones (excluding diaryl/α,β-unsaturated/α-hetero) is 1. The van der Waals surface area contributed by atoms with Crippen molar-refractivity contribution in [3.05, 3.63) is 35.9 Å². The molecule has 0 fully saturated rings. The number of hydrogen-bond donors (Lipinski definition) is 2. The van der Waals surface area contributed by atoms with Crippen molar-refractivity contribution in [3.63, 3.8) is 0 Å². The van der Waals surface area contributed by atoms with Crippen LogP contribution >= 0.6 is 11.8 Å². The molecule has 0 saturated heterocycles. The molecule has 0 radical (unpaired) electrons. The number of hydrogen-bond acceptors (Lipinski definition) is 8. The van der Waals surface area contributed by atoms with Crippen LogP contribution in [-0.4, -0.2) is 53.0 Å². The first-order chi connectivity index (χ1) is 11.8. The van der Waals surface area contributed by atoms with Gasteiger partial charge in [0, 0.05) is 12.2 Å². The number of nitrogens with two attached hydrogens (primary N) is 1. The normalized spacial score (nSPS) is 12.7. The lowest BCUT2D eigenvalue weighted by Crippen LogP contribution is -2.35. The number of ketones is 1. The van der Waals surface area contributed by atoms with Gasteiger partial charge >= 0.3 is 17.9 Å². The Morgan fingerprint density at radius 1 is 1.20 bits per heavy atom. The number of ether oxygens (including phenoxy) is 2. The molecular weight excluding hydrogens is 350 g/mol. The molecule has 1 aromatic rings. The van der Waals surface area contributed by atoms with Gasteiger partial charge in [0.2, 0.25) is 5.78 Å². The number of rotatable bonds is 10. The molecule has 1 unspecified atom stereocenters. The van der Waals surface area contributed by atoms with E-state index < -0.39 is 41.4 Å². The summed E-state index contributed by atoms with van der Waals surface area (Å²) in [5.74, 6) is -4.05. The molecular formula is C16H19NO7S. The Morgan fingerprint density at radius 3 is 2.40 bits per heavy atom. The average Bonchev–Trinajstić information content (AvgIpc) is 2.62. The predicted molar refractivity (Wildman–Crippen MR) is 89.7 cm³/mol. The number of thioether (sulfide) groups is 1. The third kappa shape index (κ3) is 7.36. The zero-order chi connectivity index (χ0) is 18.8. The van der Waals surface area contributed by atoms with Crippen molar-refractivity contribution in [1.82, 2.24) is 0 Å². The fourth-order valence-electron chi connectivity index (χ4n) is 1.69. The summed E-state index contributed by atoms with van der Waals surface area (Å²) in [4.78, 5) is 46.1. The van der Waals surface area contributed by atoms with Crippen molar-refractivity contribution in [1.29, 1.82) is 0 Å². The fraction of sp³-hybridized carbons (Fsp3) is 0.375. The average molecular weight is 369 g/mol. The molecule has 2 atom stereocenters. The van der Waals surface area contributed by atoms with Crippen molar-refractivity contribution < 1.29 is 33.8 Å². The van der Waals surface area contributed by atoms with Crippen LogP contribution in [0.4, 0.5) is 0 Å². The maximum atomic E-state index is 11.9. The van der Waals surface area contributed by atoms with E-state index in [1.54, 1.807) is 30.3 Å². The molecule has 0 saturated carbocycles. The first-order valence-electron chi connectivity index (χ1n) is 7.26. The maximum Gasteiger partial charge on any atom is 0.374 e. The van der Waals surface area contributed by atoms with E-state index in [0.717, 1.165) is 24.4 Å². The number of carboxylic acids is 1. The fourth-order valence-corrected chi connectivity index (χ4v) is 2.77. The van der Waals surface area contributed by atoms with Crippen molar-refractivity contribution in [2.75, 3.05) is 12.9 Å². The van der Waals surface area contributed by atoms with Gasteiger partial charge in [0.05, 0.1) is 7.11 Å². The third-order valence-corrected chi connectivity index (χ3v) is 4.38. The topological polar surface area (TPSA) is 133 Å². The van der Waals surface area contributed by atoms with Gasteiger partial charge in [-0.25, -0.2) is 4.79 Å². The van der Waals surface area contributed by atoms with Crippen LogP contribution in [0, 0.1) is 0 Å². The minimum Gasteiger partial charge on any atom is -0.480 e. The minimum absolute atomic E-state index is 0.0642. The van der Waals surface area contributed by atoms with Crippen LogP contribution in [0.2, 0.25) is 0 Å². The highest BCUT2D eigenvalue weighted by Gasteiger charge is 2.28. The summed E-state index contributed by atoms with van der Waals surface area (Å²) in [6, 6.07) is 7.60. The molecule has 25 heavy (non-hydrogen) atoms. The summed E-state index contributed by atoms with van der Waals surface area (Å²) >= 11 is 0.842. The van der Waals surface area contributed by atoms with E-state index in [2.05, 4.69) is 4.74 Å². The second-order valence-electron chi connectivity index (χ2n) is 4.98. The van der Waals surface area contributed by atoms with Crippen LogP contribution in [0.5, 0.6) is 0 Å². The van der Waals surface area contributed by atoms with Crippen LogP contribution in [0.3, 0.4) is 0 Å². The summed E-state index contributed by atoms with van der Waals surface area (Å²) in [6.07, 6.45) is -0.461. The van der Waals surface area contributed by atoms with Gasteiger partial charge in [0.15, 0.2) is 0 Å². The molecule has 0 amide bonds. The number of methoxy groups -OCH3 is 1. The maximum absolute atomic E-state index is 11.9.